The van der Waals surface area contributed by atoms with Gasteiger partial charge in [-0.2, -0.15) is 0 Å². The van der Waals surface area contributed by atoms with Crippen LogP contribution in [0.2, 0.25) is 5.02 Å². The van der Waals surface area contributed by atoms with Gasteiger partial charge < -0.3 is 5.73 Å². The van der Waals surface area contributed by atoms with Crippen LogP contribution in [0, 0.1) is 0 Å². The van der Waals surface area contributed by atoms with E-state index in [4.69, 9.17) is 29.6 Å². The zero-order valence-electron chi connectivity index (χ0n) is 9.61. The monoisotopic (exact) mass is 256 g/mol. The zero-order valence-corrected chi connectivity index (χ0v) is 11.2. The molecule has 0 aliphatic heterocycles. The number of rotatable bonds is 5. The lowest BCUT2D eigenvalue weighted by Crippen LogP contribution is -2.37. The fourth-order valence-electron chi connectivity index (χ4n) is 1.45. The highest BCUT2D eigenvalue weighted by Crippen LogP contribution is 2.12. The summed E-state index contributed by atoms with van der Waals surface area (Å²) in [4.78, 5) is 2.76. The summed E-state index contributed by atoms with van der Waals surface area (Å²) >= 11 is 10.8. The number of benzene rings is 1. The maximum Gasteiger partial charge on any atom is 0.0870 e. The molecule has 88 valence electrons. The third-order valence-corrected chi connectivity index (χ3v) is 2.77. The van der Waals surface area contributed by atoms with Gasteiger partial charge in [-0.1, -0.05) is 36.0 Å². The van der Waals surface area contributed by atoms with Crippen molar-refractivity contribution < 1.29 is 0 Å². The van der Waals surface area contributed by atoms with Gasteiger partial charge in [-0.05, 0) is 31.5 Å². The topological polar surface area (TPSA) is 29.3 Å². The van der Waals surface area contributed by atoms with Gasteiger partial charge in [0.25, 0.3) is 0 Å². The van der Waals surface area contributed by atoms with Crippen molar-refractivity contribution in [2.75, 3.05) is 6.54 Å². The molecule has 2 nitrogen and oxygen atoms in total. The number of nitrogens with zero attached hydrogens (tertiary/aromatic N) is 1. The van der Waals surface area contributed by atoms with Gasteiger partial charge in [-0.25, -0.2) is 0 Å². The van der Waals surface area contributed by atoms with Gasteiger partial charge in [-0.15, -0.1) is 0 Å². The molecule has 16 heavy (non-hydrogen) atoms. The van der Waals surface area contributed by atoms with Gasteiger partial charge >= 0.3 is 0 Å². The molecule has 0 amide bonds. The van der Waals surface area contributed by atoms with E-state index < -0.39 is 0 Å². The SMILES string of the molecule is CC(C)N(CC(N)=S)Cc1ccc(Cl)cc1. The molecule has 0 heterocycles. The van der Waals surface area contributed by atoms with E-state index >= 15 is 0 Å². The Morgan fingerprint density at radius 1 is 1.38 bits per heavy atom. The molecule has 0 saturated carbocycles. The predicted octanol–water partition coefficient (Wildman–Crippen LogP) is 2.84. The van der Waals surface area contributed by atoms with E-state index in [1.54, 1.807) is 0 Å². The fraction of sp³-hybridized carbons (Fsp3) is 0.417. The second-order valence-corrected chi connectivity index (χ2v) is 5.05. The van der Waals surface area contributed by atoms with E-state index in [0.29, 0.717) is 17.6 Å². The molecular weight excluding hydrogens is 240 g/mol. The molecule has 2 N–H and O–H groups in total. The quantitative estimate of drug-likeness (QED) is 0.822. The van der Waals surface area contributed by atoms with Crippen molar-refractivity contribution in [1.29, 1.82) is 0 Å². The number of hydrogen-bond acceptors (Lipinski definition) is 2. The van der Waals surface area contributed by atoms with Crippen molar-refractivity contribution >= 4 is 28.8 Å². The molecule has 1 aromatic carbocycles. The molecule has 0 atom stereocenters. The Labute approximate surface area is 107 Å². The molecule has 1 rings (SSSR count). The lowest BCUT2D eigenvalue weighted by molar-refractivity contribution is 0.245. The van der Waals surface area contributed by atoms with E-state index in [1.807, 2.05) is 24.3 Å². The summed E-state index contributed by atoms with van der Waals surface area (Å²) in [5.41, 5.74) is 6.79. The van der Waals surface area contributed by atoms with Crippen molar-refractivity contribution in [2.45, 2.75) is 26.4 Å². The van der Waals surface area contributed by atoms with E-state index in [0.717, 1.165) is 11.6 Å². The van der Waals surface area contributed by atoms with E-state index in [9.17, 15) is 0 Å². The van der Waals surface area contributed by atoms with Crippen LogP contribution < -0.4 is 5.73 Å². The minimum Gasteiger partial charge on any atom is -0.392 e. The minimum atomic E-state index is 0.414. The van der Waals surface area contributed by atoms with Crippen molar-refractivity contribution in [3.8, 4) is 0 Å². The largest absolute Gasteiger partial charge is 0.392 e. The molecule has 0 saturated heterocycles. The Balaban J connectivity index is 2.67. The second kappa shape index (κ2) is 6.18. The summed E-state index contributed by atoms with van der Waals surface area (Å²) in [5, 5.41) is 0.759. The molecule has 0 aromatic heterocycles. The molecule has 0 fully saturated rings. The summed E-state index contributed by atoms with van der Waals surface area (Å²) in [5.74, 6) is 0. The summed E-state index contributed by atoms with van der Waals surface area (Å²) < 4.78 is 0. The molecule has 0 bridgehead atoms. The van der Waals surface area contributed by atoms with Crippen LogP contribution in [0.25, 0.3) is 0 Å². The average molecular weight is 257 g/mol. The molecule has 0 spiro atoms. The molecular formula is C12H17ClN2S. The van der Waals surface area contributed by atoms with E-state index in [1.165, 1.54) is 5.56 Å². The third kappa shape index (κ3) is 4.47. The minimum absolute atomic E-state index is 0.414. The highest BCUT2D eigenvalue weighted by Gasteiger charge is 2.10. The molecule has 0 unspecified atom stereocenters. The number of thiocarbonyl (C=S) groups is 1. The third-order valence-electron chi connectivity index (χ3n) is 2.39. The Morgan fingerprint density at radius 3 is 2.38 bits per heavy atom. The highest BCUT2D eigenvalue weighted by molar-refractivity contribution is 7.80. The van der Waals surface area contributed by atoms with Crippen LogP contribution >= 0.6 is 23.8 Å². The highest BCUT2D eigenvalue weighted by atomic mass is 35.5. The Hall–Kier alpha value is -0.640. The van der Waals surface area contributed by atoms with Gasteiger partial charge in [0.05, 0.1) is 4.99 Å². The van der Waals surface area contributed by atoms with Crippen molar-refractivity contribution in [3.63, 3.8) is 0 Å². The molecule has 0 radical (unpaired) electrons. The van der Waals surface area contributed by atoms with Crippen LogP contribution in [0.4, 0.5) is 0 Å². The number of nitrogens with two attached hydrogens (primary N) is 1. The molecule has 0 aliphatic rings. The first-order valence-corrected chi connectivity index (χ1v) is 6.04. The maximum absolute atomic E-state index is 5.84. The molecule has 0 aliphatic carbocycles. The Morgan fingerprint density at radius 2 is 1.94 bits per heavy atom. The van der Waals surface area contributed by atoms with Crippen LogP contribution in [0.15, 0.2) is 24.3 Å². The van der Waals surface area contributed by atoms with Gasteiger partial charge in [-0.3, -0.25) is 4.90 Å². The van der Waals surface area contributed by atoms with E-state index in [-0.39, 0.29) is 0 Å². The smallest absolute Gasteiger partial charge is 0.0870 e. The summed E-state index contributed by atoms with van der Waals surface area (Å²) in [6.45, 7) is 5.75. The van der Waals surface area contributed by atoms with E-state index in [2.05, 4.69) is 18.7 Å². The Bertz CT molecular complexity index is 349. The van der Waals surface area contributed by atoms with Crippen LogP contribution in [-0.4, -0.2) is 22.5 Å². The predicted molar refractivity (Wildman–Crippen MR) is 73.8 cm³/mol. The molecule has 4 heteroatoms. The first-order valence-electron chi connectivity index (χ1n) is 5.26. The van der Waals surface area contributed by atoms with Gasteiger partial charge in [0.1, 0.15) is 0 Å². The maximum atomic E-state index is 5.84. The van der Waals surface area contributed by atoms with Crippen molar-refractivity contribution in [3.05, 3.63) is 34.9 Å². The number of hydrogen-bond donors (Lipinski definition) is 1. The molecule has 1 aromatic rings. The standard InChI is InChI=1S/C12H17ClN2S/c1-9(2)15(8-12(14)16)7-10-3-5-11(13)6-4-10/h3-6,9H,7-8H2,1-2H3,(H2,14,16). The van der Waals surface area contributed by atoms with Crippen LogP contribution in [-0.2, 0) is 6.54 Å². The first-order chi connectivity index (χ1) is 7.49. The van der Waals surface area contributed by atoms with Crippen molar-refractivity contribution in [2.24, 2.45) is 5.73 Å². The Kier molecular flexibility index (Phi) is 5.19. The van der Waals surface area contributed by atoms with Crippen LogP contribution in [0.5, 0.6) is 0 Å². The number of halogens is 1. The second-order valence-electron chi connectivity index (χ2n) is 4.09. The van der Waals surface area contributed by atoms with Gasteiger partial charge in [0, 0.05) is 24.2 Å². The summed E-state index contributed by atoms with van der Waals surface area (Å²) in [6.07, 6.45) is 0. The van der Waals surface area contributed by atoms with Crippen LogP contribution in [0.3, 0.4) is 0 Å². The lowest BCUT2D eigenvalue weighted by Gasteiger charge is -2.25. The lowest BCUT2D eigenvalue weighted by atomic mass is 10.2. The summed E-state index contributed by atoms with van der Waals surface area (Å²) in [7, 11) is 0. The fourth-order valence-corrected chi connectivity index (χ4v) is 1.74. The van der Waals surface area contributed by atoms with Crippen LogP contribution in [0.1, 0.15) is 19.4 Å². The summed E-state index contributed by atoms with van der Waals surface area (Å²) in [6, 6.07) is 8.26. The van der Waals surface area contributed by atoms with Gasteiger partial charge in [0.15, 0.2) is 0 Å². The van der Waals surface area contributed by atoms with Crippen molar-refractivity contribution in [1.82, 2.24) is 4.90 Å². The zero-order chi connectivity index (χ0) is 12.1. The average Bonchev–Trinajstić information content (AvgIpc) is 2.19. The van der Waals surface area contributed by atoms with Gasteiger partial charge in [0.2, 0.25) is 0 Å². The first kappa shape index (κ1) is 13.4. The normalized spacial score (nSPS) is 11.1.